The summed E-state index contributed by atoms with van der Waals surface area (Å²) in [5, 5.41) is 0. The molecule has 214 valence electrons. The van der Waals surface area contributed by atoms with Crippen molar-refractivity contribution in [2.75, 3.05) is 0 Å². The molecule has 0 radical (unpaired) electrons. The predicted octanol–water partition coefficient (Wildman–Crippen LogP) is 9.14. The molecule has 0 amide bonds. The molecular formula is C39H36N4Zn. The quantitative estimate of drug-likeness (QED) is 0.180. The van der Waals surface area contributed by atoms with E-state index in [2.05, 4.69) is 127 Å². The maximum absolute atomic E-state index is 5.33. The molecule has 2 aromatic carbocycles. The van der Waals surface area contributed by atoms with Crippen LogP contribution >= 0.6 is 0 Å². The average molecular weight is 626 g/mol. The van der Waals surface area contributed by atoms with Crippen LogP contribution in [0.5, 0.6) is 0 Å². The molecule has 0 atom stereocenters. The molecule has 3 aromatic heterocycles. The van der Waals surface area contributed by atoms with Crippen LogP contribution in [-0.4, -0.2) is 9.97 Å². The molecule has 2 aliphatic heterocycles. The van der Waals surface area contributed by atoms with Crippen LogP contribution in [0, 0.1) is 34.6 Å². The van der Waals surface area contributed by atoms with E-state index in [-0.39, 0.29) is 24.9 Å². The standard InChI is InChI=1S/C39H36N4.Zn/c1-22-8-10-27(11-9-22)37-30-13-12-28(40-30)20-35-39(6,7)21-34(43-35)26(5)29-14-15-32(41-29)38(33-17-16-31(37)42-33)36-24(3)18-23(2)19-25(36)4;/h8-20H,21H2,1-7H3;/q-2;+2. The largest absolute Gasteiger partial charge is 2.00 e. The minimum Gasteiger partial charge on any atom is -0.657 e. The fourth-order valence-electron chi connectivity index (χ4n) is 6.63. The minimum atomic E-state index is -0.0995. The van der Waals surface area contributed by atoms with Crippen molar-refractivity contribution in [2.24, 2.45) is 0 Å². The first-order valence-corrected chi connectivity index (χ1v) is 15.0. The molecule has 5 heteroatoms. The number of benzene rings is 2. The average Bonchev–Trinajstić information content (AvgIpc) is 3.75. The molecule has 0 saturated heterocycles. The summed E-state index contributed by atoms with van der Waals surface area (Å²) in [7, 11) is 0. The summed E-state index contributed by atoms with van der Waals surface area (Å²) >= 11 is 0. The number of hydrogen-bond donors (Lipinski definition) is 0. The van der Waals surface area contributed by atoms with Crippen LogP contribution in [0.1, 0.15) is 64.4 Å². The first-order valence-electron chi connectivity index (χ1n) is 15.0. The van der Waals surface area contributed by atoms with E-state index < -0.39 is 0 Å². The molecular weight excluding hydrogens is 590 g/mol. The Balaban J connectivity index is 0.00000343. The van der Waals surface area contributed by atoms with Crippen LogP contribution in [0.4, 0.5) is 0 Å². The van der Waals surface area contributed by atoms with Crippen LogP contribution in [0.25, 0.3) is 56.5 Å². The Labute approximate surface area is 272 Å². The monoisotopic (exact) mass is 624 g/mol. The van der Waals surface area contributed by atoms with Gasteiger partial charge in [0.15, 0.2) is 0 Å². The molecule has 0 spiro atoms. The van der Waals surface area contributed by atoms with Gasteiger partial charge in [-0.1, -0.05) is 91.7 Å². The molecule has 0 fully saturated rings. The third-order valence-electron chi connectivity index (χ3n) is 8.89. The van der Waals surface area contributed by atoms with E-state index in [9.17, 15) is 0 Å². The molecule has 0 N–H and O–H groups in total. The van der Waals surface area contributed by atoms with E-state index >= 15 is 0 Å². The number of aromatic nitrogens is 4. The molecule has 2 aliphatic rings. The van der Waals surface area contributed by atoms with E-state index in [1.54, 1.807) is 0 Å². The molecule has 0 unspecified atom stereocenters. The Morgan fingerprint density at radius 3 is 1.93 bits per heavy atom. The summed E-state index contributed by atoms with van der Waals surface area (Å²) < 4.78 is 0. The number of rotatable bonds is 2. The van der Waals surface area contributed by atoms with E-state index in [4.69, 9.17) is 19.9 Å². The van der Waals surface area contributed by atoms with Gasteiger partial charge in [-0.3, -0.25) is 4.98 Å². The number of aryl methyl sites for hydroxylation is 5. The van der Waals surface area contributed by atoms with E-state index in [1.165, 1.54) is 27.8 Å². The van der Waals surface area contributed by atoms with Crippen molar-refractivity contribution in [2.45, 2.75) is 60.3 Å². The van der Waals surface area contributed by atoms with Gasteiger partial charge in [-0.15, -0.1) is 22.1 Å². The van der Waals surface area contributed by atoms with Gasteiger partial charge >= 0.3 is 19.5 Å². The van der Waals surface area contributed by atoms with Crippen molar-refractivity contribution in [3.63, 3.8) is 0 Å². The predicted molar refractivity (Wildman–Crippen MR) is 179 cm³/mol. The van der Waals surface area contributed by atoms with Crippen molar-refractivity contribution >= 4 is 34.2 Å². The van der Waals surface area contributed by atoms with Gasteiger partial charge in [0, 0.05) is 23.2 Å². The third-order valence-corrected chi connectivity index (χ3v) is 8.89. The van der Waals surface area contributed by atoms with Gasteiger partial charge in [0.05, 0.1) is 11.4 Å². The maximum Gasteiger partial charge on any atom is 2.00 e. The van der Waals surface area contributed by atoms with Gasteiger partial charge in [0.1, 0.15) is 0 Å². The number of nitrogens with zero attached hydrogens (tertiary/aromatic N) is 4. The van der Waals surface area contributed by atoms with E-state index in [0.717, 1.165) is 73.5 Å². The molecule has 7 rings (SSSR count). The van der Waals surface area contributed by atoms with Gasteiger partial charge in [0.25, 0.3) is 0 Å². The summed E-state index contributed by atoms with van der Waals surface area (Å²) in [5.41, 5.74) is 18.0. The summed E-state index contributed by atoms with van der Waals surface area (Å²) in [5.74, 6) is 0. The molecule has 4 nitrogen and oxygen atoms in total. The van der Waals surface area contributed by atoms with Gasteiger partial charge < -0.3 is 9.97 Å². The molecule has 8 bridgehead atoms. The van der Waals surface area contributed by atoms with Crippen LogP contribution in [0.2, 0.25) is 0 Å². The zero-order valence-electron chi connectivity index (χ0n) is 26.7. The summed E-state index contributed by atoms with van der Waals surface area (Å²) in [6, 6.07) is 23.8. The topological polar surface area (TPSA) is 54.0 Å². The Bertz CT molecular complexity index is 2100. The normalized spacial score (nSPS) is 13.6. The first kappa shape index (κ1) is 30.0. The SMILES string of the molecule is Cc1ccc(-c2c3nc(c(-c4c(C)cc(C)cc4C)c4ccc([n-]4)c(C)c4nc(cc5ccc2[n-]5)C(C)(C)C4)C=C3)cc1.[Zn+2]. The van der Waals surface area contributed by atoms with Crippen molar-refractivity contribution in [1.82, 2.24) is 19.9 Å². The second-order valence-electron chi connectivity index (χ2n) is 12.8. The second-order valence-corrected chi connectivity index (χ2v) is 12.8. The minimum absolute atomic E-state index is 0. The molecule has 5 heterocycles. The molecule has 44 heavy (non-hydrogen) atoms. The van der Waals surface area contributed by atoms with Crippen LogP contribution in [-0.2, 0) is 31.3 Å². The van der Waals surface area contributed by atoms with Crippen molar-refractivity contribution in [1.29, 1.82) is 0 Å². The Morgan fingerprint density at radius 2 is 1.23 bits per heavy atom. The Morgan fingerprint density at radius 1 is 0.614 bits per heavy atom. The fourth-order valence-corrected chi connectivity index (χ4v) is 6.63. The Kier molecular flexibility index (Phi) is 7.58. The molecule has 0 aliphatic carbocycles. The van der Waals surface area contributed by atoms with Crippen molar-refractivity contribution in [3.05, 3.63) is 117 Å². The van der Waals surface area contributed by atoms with Crippen LogP contribution in [0.15, 0.2) is 66.7 Å². The van der Waals surface area contributed by atoms with Crippen LogP contribution < -0.4 is 9.97 Å². The van der Waals surface area contributed by atoms with Gasteiger partial charge in [0.2, 0.25) is 0 Å². The van der Waals surface area contributed by atoms with Crippen molar-refractivity contribution < 1.29 is 19.5 Å². The maximum atomic E-state index is 5.33. The van der Waals surface area contributed by atoms with E-state index in [0.29, 0.717) is 0 Å². The summed E-state index contributed by atoms with van der Waals surface area (Å²) in [6.45, 7) is 15.3. The summed E-state index contributed by atoms with van der Waals surface area (Å²) in [6.07, 6.45) is 5.13. The molecule has 5 aromatic rings. The second kappa shape index (κ2) is 11.1. The zero-order valence-corrected chi connectivity index (χ0v) is 29.7. The smallest absolute Gasteiger partial charge is 0.657 e. The first-order chi connectivity index (χ1) is 20.6. The van der Waals surface area contributed by atoms with Gasteiger partial charge in [-0.25, -0.2) is 4.98 Å². The van der Waals surface area contributed by atoms with Gasteiger partial charge in [-0.05, 0) is 85.7 Å². The van der Waals surface area contributed by atoms with E-state index in [1.807, 2.05) is 0 Å². The molecule has 0 saturated carbocycles. The number of hydrogen-bond acceptors (Lipinski definition) is 2. The van der Waals surface area contributed by atoms with Crippen LogP contribution in [0.3, 0.4) is 0 Å². The summed E-state index contributed by atoms with van der Waals surface area (Å²) in [4.78, 5) is 20.9. The number of fused-ring (bicyclic) bond motifs is 8. The third kappa shape index (κ3) is 5.18. The Hall–Kier alpha value is -4.08. The van der Waals surface area contributed by atoms with Crippen molar-refractivity contribution in [3.8, 4) is 22.3 Å². The fraction of sp³-hybridized carbons (Fsp3) is 0.231. The zero-order chi connectivity index (χ0) is 30.0. The van der Waals surface area contributed by atoms with Gasteiger partial charge in [-0.2, -0.15) is 0 Å².